The third-order valence-electron chi connectivity index (χ3n) is 3.64. The standard InChI is InChI=1S/C17H33NO3/c1-3-4-5-6-7-8-9-10-11-12-15-18-16(19)13-14-17(20)21-2/h3-15H2,1-2H3,(H,18,19). The zero-order valence-electron chi connectivity index (χ0n) is 13.9. The van der Waals surface area contributed by atoms with Crippen LogP contribution in [0.15, 0.2) is 0 Å². The van der Waals surface area contributed by atoms with Crippen molar-refractivity contribution in [2.24, 2.45) is 0 Å². The Morgan fingerprint density at radius 2 is 1.33 bits per heavy atom. The molecule has 0 bridgehead atoms. The number of esters is 1. The molecule has 0 aliphatic carbocycles. The molecule has 1 amide bonds. The molecule has 0 aliphatic heterocycles. The molecule has 1 N–H and O–H groups in total. The lowest BCUT2D eigenvalue weighted by molar-refractivity contribution is -0.142. The van der Waals surface area contributed by atoms with E-state index in [0.717, 1.165) is 13.0 Å². The number of methoxy groups -OCH3 is 1. The van der Waals surface area contributed by atoms with Crippen LogP contribution in [-0.4, -0.2) is 25.5 Å². The minimum Gasteiger partial charge on any atom is -0.469 e. The van der Waals surface area contributed by atoms with Crippen LogP contribution < -0.4 is 5.32 Å². The molecule has 0 aromatic carbocycles. The van der Waals surface area contributed by atoms with E-state index in [-0.39, 0.29) is 24.7 Å². The van der Waals surface area contributed by atoms with E-state index in [2.05, 4.69) is 17.0 Å². The summed E-state index contributed by atoms with van der Waals surface area (Å²) >= 11 is 0. The largest absolute Gasteiger partial charge is 0.469 e. The van der Waals surface area contributed by atoms with E-state index in [1.807, 2.05) is 0 Å². The summed E-state index contributed by atoms with van der Waals surface area (Å²) in [6, 6.07) is 0. The highest BCUT2D eigenvalue weighted by molar-refractivity contribution is 5.81. The van der Waals surface area contributed by atoms with Crippen molar-refractivity contribution < 1.29 is 14.3 Å². The first kappa shape index (κ1) is 19.9. The van der Waals surface area contributed by atoms with Gasteiger partial charge in [0.25, 0.3) is 0 Å². The van der Waals surface area contributed by atoms with Crippen molar-refractivity contribution in [1.82, 2.24) is 5.32 Å². The van der Waals surface area contributed by atoms with Gasteiger partial charge >= 0.3 is 5.97 Å². The van der Waals surface area contributed by atoms with Crippen LogP contribution >= 0.6 is 0 Å². The van der Waals surface area contributed by atoms with Gasteiger partial charge in [0.15, 0.2) is 0 Å². The summed E-state index contributed by atoms with van der Waals surface area (Å²) in [6.07, 6.45) is 13.3. The van der Waals surface area contributed by atoms with Crippen LogP contribution in [0.2, 0.25) is 0 Å². The lowest BCUT2D eigenvalue weighted by atomic mass is 10.1. The fourth-order valence-electron chi connectivity index (χ4n) is 2.25. The van der Waals surface area contributed by atoms with Gasteiger partial charge in [-0.3, -0.25) is 9.59 Å². The molecule has 0 aliphatic rings. The number of hydrogen-bond acceptors (Lipinski definition) is 3. The van der Waals surface area contributed by atoms with Gasteiger partial charge in [0.2, 0.25) is 5.91 Å². The molecule has 0 spiro atoms. The second-order valence-corrected chi connectivity index (χ2v) is 5.61. The summed E-state index contributed by atoms with van der Waals surface area (Å²) in [5.41, 5.74) is 0. The Morgan fingerprint density at radius 1 is 0.810 bits per heavy atom. The number of nitrogens with one attached hydrogen (secondary N) is 1. The molecular weight excluding hydrogens is 266 g/mol. The van der Waals surface area contributed by atoms with Crippen molar-refractivity contribution in [1.29, 1.82) is 0 Å². The SMILES string of the molecule is CCCCCCCCCCCCNC(=O)CCC(=O)OC. The molecule has 21 heavy (non-hydrogen) atoms. The number of rotatable bonds is 14. The Labute approximate surface area is 130 Å². The summed E-state index contributed by atoms with van der Waals surface area (Å²) in [6.45, 7) is 2.96. The van der Waals surface area contributed by atoms with Gasteiger partial charge in [-0.1, -0.05) is 64.7 Å². The van der Waals surface area contributed by atoms with Crippen molar-refractivity contribution in [3.05, 3.63) is 0 Å². The maximum atomic E-state index is 11.4. The van der Waals surface area contributed by atoms with E-state index in [1.54, 1.807) is 0 Å². The van der Waals surface area contributed by atoms with Gasteiger partial charge < -0.3 is 10.1 Å². The molecule has 0 radical (unpaired) electrons. The molecular formula is C17H33NO3. The second kappa shape index (κ2) is 15.3. The molecule has 0 saturated heterocycles. The van der Waals surface area contributed by atoms with Gasteiger partial charge in [0, 0.05) is 13.0 Å². The lowest BCUT2D eigenvalue weighted by Crippen LogP contribution is -2.24. The molecule has 0 heterocycles. The van der Waals surface area contributed by atoms with Crippen LogP contribution in [0.1, 0.15) is 84.0 Å². The van der Waals surface area contributed by atoms with Crippen molar-refractivity contribution in [3.63, 3.8) is 0 Å². The van der Waals surface area contributed by atoms with Crippen LogP contribution in [0.4, 0.5) is 0 Å². The maximum Gasteiger partial charge on any atom is 0.306 e. The second-order valence-electron chi connectivity index (χ2n) is 5.61. The highest BCUT2D eigenvalue weighted by Crippen LogP contribution is 2.10. The lowest BCUT2D eigenvalue weighted by Gasteiger charge is -2.05. The number of ether oxygens (including phenoxy) is 1. The summed E-state index contributed by atoms with van der Waals surface area (Å²) in [5.74, 6) is -0.389. The average Bonchev–Trinajstić information content (AvgIpc) is 2.50. The zero-order valence-corrected chi connectivity index (χ0v) is 13.9. The number of carbonyl (C=O) groups excluding carboxylic acids is 2. The summed E-state index contributed by atoms with van der Waals surface area (Å²) in [5, 5.41) is 2.84. The zero-order chi connectivity index (χ0) is 15.8. The van der Waals surface area contributed by atoms with Crippen LogP contribution in [0.25, 0.3) is 0 Å². The smallest absolute Gasteiger partial charge is 0.306 e. The Kier molecular flexibility index (Phi) is 14.6. The highest BCUT2D eigenvalue weighted by atomic mass is 16.5. The molecule has 0 fully saturated rings. The Bertz CT molecular complexity index is 267. The Morgan fingerprint density at radius 3 is 1.86 bits per heavy atom. The van der Waals surface area contributed by atoms with Crippen LogP contribution in [0.5, 0.6) is 0 Å². The predicted octanol–water partition coefficient (Wildman–Crippen LogP) is 3.98. The molecule has 0 saturated carbocycles. The van der Waals surface area contributed by atoms with Crippen molar-refractivity contribution in [2.75, 3.05) is 13.7 Å². The number of unbranched alkanes of at least 4 members (excludes halogenated alkanes) is 9. The van der Waals surface area contributed by atoms with Crippen molar-refractivity contribution in [3.8, 4) is 0 Å². The van der Waals surface area contributed by atoms with Crippen LogP contribution in [-0.2, 0) is 14.3 Å². The van der Waals surface area contributed by atoms with Gasteiger partial charge in [-0.2, -0.15) is 0 Å². The third-order valence-corrected chi connectivity index (χ3v) is 3.64. The van der Waals surface area contributed by atoms with Crippen LogP contribution in [0, 0.1) is 0 Å². The maximum absolute atomic E-state index is 11.4. The van der Waals surface area contributed by atoms with Gasteiger partial charge in [-0.05, 0) is 6.42 Å². The minimum atomic E-state index is -0.330. The molecule has 0 unspecified atom stereocenters. The summed E-state index contributed by atoms with van der Waals surface area (Å²) in [7, 11) is 1.34. The van der Waals surface area contributed by atoms with Gasteiger partial charge in [0.1, 0.15) is 0 Å². The molecule has 0 atom stereocenters. The van der Waals surface area contributed by atoms with Crippen LogP contribution in [0.3, 0.4) is 0 Å². The highest BCUT2D eigenvalue weighted by Gasteiger charge is 2.05. The van der Waals surface area contributed by atoms with E-state index >= 15 is 0 Å². The Balaban J connectivity index is 3.18. The third kappa shape index (κ3) is 15.2. The van der Waals surface area contributed by atoms with Gasteiger partial charge in [-0.25, -0.2) is 0 Å². The summed E-state index contributed by atoms with van der Waals surface area (Å²) < 4.78 is 4.49. The predicted molar refractivity (Wildman–Crippen MR) is 86.1 cm³/mol. The normalized spacial score (nSPS) is 10.4. The first-order valence-corrected chi connectivity index (χ1v) is 8.54. The average molecular weight is 299 g/mol. The topological polar surface area (TPSA) is 55.4 Å². The monoisotopic (exact) mass is 299 g/mol. The molecule has 4 heteroatoms. The van der Waals surface area contributed by atoms with Crippen molar-refractivity contribution >= 4 is 11.9 Å². The van der Waals surface area contributed by atoms with E-state index < -0.39 is 0 Å². The molecule has 124 valence electrons. The van der Waals surface area contributed by atoms with Crippen molar-refractivity contribution in [2.45, 2.75) is 84.0 Å². The van der Waals surface area contributed by atoms with E-state index in [0.29, 0.717) is 0 Å². The number of carbonyl (C=O) groups is 2. The quantitative estimate of drug-likeness (QED) is 0.390. The van der Waals surface area contributed by atoms with E-state index in [9.17, 15) is 9.59 Å². The van der Waals surface area contributed by atoms with E-state index in [1.165, 1.54) is 64.9 Å². The number of hydrogen-bond donors (Lipinski definition) is 1. The molecule has 4 nitrogen and oxygen atoms in total. The van der Waals surface area contributed by atoms with E-state index in [4.69, 9.17) is 0 Å². The Hall–Kier alpha value is -1.06. The first-order valence-electron chi connectivity index (χ1n) is 8.54. The fraction of sp³-hybridized carbons (Fsp3) is 0.882. The first-order chi connectivity index (χ1) is 10.2. The number of amides is 1. The minimum absolute atomic E-state index is 0.0590. The van der Waals surface area contributed by atoms with Gasteiger partial charge in [-0.15, -0.1) is 0 Å². The summed E-state index contributed by atoms with van der Waals surface area (Å²) in [4.78, 5) is 22.3. The molecule has 0 aromatic heterocycles. The molecule has 0 rings (SSSR count). The fourth-order valence-corrected chi connectivity index (χ4v) is 2.25. The van der Waals surface area contributed by atoms with Gasteiger partial charge in [0.05, 0.1) is 13.5 Å². The molecule has 0 aromatic rings.